The van der Waals surface area contributed by atoms with Crippen LogP contribution in [0.25, 0.3) is 0 Å². The maximum absolute atomic E-state index is 3.57. The first-order valence-electron chi connectivity index (χ1n) is 8.17. The molecule has 114 valence electrons. The van der Waals surface area contributed by atoms with Crippen molar-refractivity contribution in [3.05, 3.63) is 35.4 Å². The van der Waals surface area contributed by atoms with E-state index in [4.69, 9.17) is 0 Å². The van der Waals surface area contributed by atoms with Crippen LogP contribution in [0.2, 0.25) is 0 Å². The second kappa shape index (κ2) is 8.87. The van der Waals surface area contributed by atoms with E-state index in [9.17, 15) is 0 Å². The zero-order chi connectivity index (χ0) is 15.0. The van der Waals surface area contributed by atoms with Gasteiger partial charge in [0.2, 0.25) is 0 Å². The number of rotatable bonds is 9. The van der Waals surface area contributed by atoms with Crippen molar-refractivity contribution in [1.29, 1.82) is 0 Å². The highest BCUT2D eigenvalue weighted by Crippen LogP contribution is 2.37. The van der Waals surface area contributed by atoms with Gasteiger partial charge in [0.15, 0.2) is 0 Å². The molecule has 1 aromatic carbocycles. The van der Waals surface area contributed by atoms with E-state index in [0.717, 1.165) is 5.33 Å². The molecule has 0 aromatic heterocycles. The summed E-state index contributed by atoms with van der Waals surface area (Å²) in [5.74, 6) is 0.700. The topological polar surface area (TPSA) is 0 Å². The molecule has 1 heteroatoms. The second-order valence-electron chi connectivity index (χ2n) is 6.81. The molecule has 0 fully saturated rings. The molecule has 0 radical (unpaired) electrons. The van der Waals surface area contributed by atoms with E-state index >= 15 is 0 Å². The summed E-state index contributed by atoms with van der Waals surface area (Å²) in [5.41, 5.74) is 3.37. The van der Waals surface area contributed by atoms with Crippen LogP contribution >= 0.6 is 15.9 Å². The molecule has 0 N–H and O–H groups in total. The van der Waals surface area contributed by atoms with E-state index in [1.165, 1.54) is 49.7 Å². The van der Waals surface area contributed by atoms with Crippen molar-refractivity contribution in [2.24, 2.45) is 5.41 Å². The summed E-state index contributed by atoms with van der Waals surface area (Å²) in [6.45, 7) is 9.50. The first-order valence-corrected chi connectivity index (χ1v) is 9.29. The van der Waals surface area contributed by atoms with Crippen LogP contribution in [-0.2, 0) is 5.33 Å². The summed E-state index contributed by atoms with van der Waals surface area (Å²) >= 11 is 3.57. The molecule has 0 nitrogen and oxygen atoms in total. The molecule has 0 aliphatic heterocycles. The van der Waals surface area contributed by atoms with Gasteiger partial charge in [-0.2, -0.15) is 0 Å². The van der Waals surface area contributed by atoms with Gasteiger partial charge in [0, 0.05) is 5.33 Å². The van der Waals surface area contributed by atoms with Crippen molar-refractivity contribution < 1.29 is 0 Å². The van der Waals surface area contributed by atoms with Crippen molar-refractivity contribution in [2.45, 2.75) is 77.5 Å². The Hall–Kier alpha value is -0.300. The van der Waals surface area contributed by atoms with Gasteiger partial charge in [-0.15, -0.1) is 0 Å². The molecule has 0 heterocycles. The van der Waals surface area contributed by atoms with Crippen LogP contribution in [0.3, 0.4) is 0 Å². The summed E-state index contributed by atoms with van der Waals surface area (Å²) < 4.78 is 0. The van der Waals surface area contributed by atoms with Gasteiger partial charge in [-0.25, -0.2) is 0 Å². The molecule has 0 saturated heterocycles. The molecule has 1 unspecified atom stereocenters. The summed E-state index contributed by atoms with van der Waals surface area (Å²) in [6.07, 6.45) is 7.97. The van der Waals surface area contributed by atoms with Gasteiger partial charge in [0.25, 0.3) is 0 Å². The first-order chi connectivity index (χ1) is 9.52. The lowest BCUT2D eigenvalue weighted by molar-refractivity contribution is 0.268. The lowest BCUT2D eigenvalue weighted by Crippen LogP contribution is -2.16. The zero-order valence-electron chi connectivity index (χ0n) is 13.7. The number of benzene rings is 1. The highest BCUT2D eigenvalue weighted by Gasteiger charge is 2.23. The van der Waals surface area contributed by atoms with Crippen LogP contribution in [0.15, 0.2) is 24.3 Å². The third kappa shape index (κ3) is 5.99. The predicted molar refractivity (Wildman–Crippen MR) is 94.6 cm³/mol. The molecular weight excluding hydrogens is 308 g/mol. The van der Waals surface area contributed by atoms with E-state index in [0.29, 0.717) is 11.3 Å². The molecule has 0 spiro atoms. The molecule has 0 aliphatic rings. The molecule has 0 aliphatic carbocycles. The van der Waals surface area contributed by atoms with E-state index in [2.05, 4.69) is 67.9 Å². The van der Waals surface area contributed by atoms with Gasteiger partial charge in [0.1, 0.15) is 0 Å². The standard InChI is InChI=1S/C19H31Br/c1-5-7-8-12-19(3,4)14-17(6-2)18-11-9-10-16(13-18)15-20/h9-11,13,17H,5-8,12,14-15H2,1-4H3. The fourth-order valence-electron chi connectivity index (χ4n) is 3.05. The fourth-order valence-corrected chi connectivity index (χ4v) is 3.40. The lowest BCUT2D eigenvalue weighted by Gasteiger charge is -2.30. The van der Waals surface area contributed by atoms with Gasteiger partial charge >= 0.3 is 0 Å². The Labute approximate surface area is 134 Å². The Bertz CT molecular complexity index is 381. The van der Waals surface area contributed by atoms with Crippen molar-refractivity contribution in [3.8, 4) is 0 Å². The number of alkyl halides is 1. The predicted octanol–water partition coefficient (Wildman–Crippen LogP) is 7.07. The highest BCUT2D eigenvalue weighted by molar-refractivity contribution is 9.08. The smallest absolute Gasteiger partial charge is 0.0283 e. The van der Waals surface area contributed by atoms with Crippen molar-refractivity contribution in [1.82, 2.24) is 0 Å². The Kier molecular flexibility index (Phi) is 7.87. The normalized spacial score (nSPS) is 13.4. The van der Waals surface area contributed by atoms with Gasteiger partial charge in [-0.1, -0.05) is 87.2 Å². The maximum atomic E-state index is 3.57. The molecule has 1 rings (SSSR count). The summed E-state index contributed by atoms with van der Waals surface area (Å²) in [7, 11) is 0. The average molecular weight is 339 g/mol. The number of halogens is 1. The highest BCUT2D eigenvalue weighted by atomic mass is 79.9. The number of hydrogen-bond donors (Lipinski definition) is 0. The lowest BCUT2D eigenvalue weighted by atomic mass is 9.75. The molecule has 0 amide bonds. The van der Waals surface area contributed by atoms with Crippen LogP contribution in [0, 0.1) is 5.41 Å². The Morgan fingerprint density at radius 3 is 2.50 bits per heavy atom. The molecule has 0 bridgehead atoms. The van der Waals surface area contributed by atoms with Crippen LogP contribution in [0.5, 0.6) is 0 Å². The minimum Gasteiger partial charge on any atom is -0.0876 e. The van der Waals surface area contributed by atoms with E-state index in [-0.39, 0.29) is 0 Å². The first kappa shape index (κ1) is 17.8. The number of hydrogen-bond acceptors (Lipinski definition) is 0. The van der Waals surface area contributed by atoms with Crippen molar-refractivity contribution in [2.75, 3.05) is 0 Å². The van der Waals surface area contributed by atoms with E-state index in [1.807, 2.05) is 0 Å². The third-order valence-corrected chi connectivity index (χ3v) is 4.97. The van der Waals surface area contributed by atoms with Crippen LogP contribution in [0.4, 0.5) is 0 Å². The maximum Gasteiger partial charge on any atom is 0.0283 e. The fraction of sp³-hybridized carbons (Fsp3) is 0.684. The second-order valence-corrected chi connectivity index (χ2v) is 7.37. The van der Waals surface area contributed by atoms with Crippen LogP contribution in [0.1, 0.15) is 83.3 Å². The van der Waals surface area contributed by atoms with Gasteiger partial charge in [-0.05, 0) is 41.7 Å². The van der Waals surface area contributed by atoms with Gasteiger partial charge < -0.3 is 0 Å². The molecule has 20 heavy (non-hydrogen) atoms. The number of unbranched alkanes of at least 4 members (excludes halogenated alkanes) is 2. The molecular formula is C19H31Br. The van der Waals surface area contributed by atoms with Gasteiger partial charge in [0.05, 0.1) is 0 Å². The van der Waals surface area contributed by atoms with Crippen molar-refractivity contribution in [3.63, 3.8) is 0 Å². The molecule has 1 atom stereocenters. The largest absolute Gasteiger partial charge is 0.0876 e. The van der Waals surface area contributed by atoms with Crippen LogP contribution in [-0.4, -0.2) is 0 Å². The average Bonchev–Trinajstić information content (AvgIpc) is 2.45. The van der Waals surface area contributed by atoms with E-state index < -0.39 is 0 Å². The quantitative estimate of drug-likeness (QED) is 0.333. The summed E-state index contributed by atoms with van der Waals surface area (Å²) in [6, 6.07) is 9.10. The molecule has 0 saturated carbocycles. The summed E-state index contributed by atoms with van der Waals surface area (Å²) in [5, 5.41) is 0.956. The Morgan fingerprint density at radius 1 is 1.15 bits per heavy atom. The SMILES string of the molecule is CCCCCC(C)(C)CC(CC)c1cccc(CBr)c1. The van der Waals surface area contributed by atoms with Crippen molar-refractivity contribution >= 4 is 15.9 Å². The Morgan fingerprint density at radius 2 is 1.90 bits per heavy atom. The molecule has 1 aromatic rings. The van der Waals surface area contributed by atoms with Crippen LogP contribution < -0.4 is 0 Å². The zero-order valence-corrected chi connectivity index (χ0v) is 15.3. The van der Waals surface area contributed by atoms with E-state index in [1.54, 1.807) is 0 Å². The minimum absolute atomic E-state index is 0.459. The Balaban J connectivity index is 2.69. The minimum atomic E-state index is 0.459. The third-order valence-electron chi connectivity index (χ3n) is 4.33. The monoisotopic (exact) mass is 338 g/mol. The summed E-state index contributed by atoms with van der Waals surface area (Å²) in [4.78, 5) is 0. The van der Waals surface area contributed by atoms with Gasteiger partial charge in [-0.3, -0.25) is 0 Å².